The Labute approximate surface area is 133 Å². The third kappa shape index (κ3) is 4.45. The summed E-state index contributed by atoms with van der Waals surface area (Å²) in [6.07, 6.45) is 1.06. The highest BCUT2D eigenvalue weighted by Gasteiger charge is 2.13. The lowest BCUT2D eigenvalue weighted by Crippen LogP contribution is -2.27. The van der Waals surface area contributed by atoms with Crippen LogP contribution in [0.3, 0.4) is 0 Å². The Balaban J connectivity index is 2.13. The Bertz CT molecular complexity index is 579. The summed E-state index contributed by atoms with van der Waals surface area (Å²) < 4.78 is 6.00. The maximum Gasteiger partial charge on any atom is 0.130 e. The molecule has 1 aromatic heterocycles. The Morgan fingerprint density at radius 1 is 1.36 bits per heavy atom. The fourth-order valence-electron chi connectivity index (χ4n) is 2.38. The van der Waals surface area contributed by atoms with E-state index in [1.807, 2.05) is 19.2 Å². The highest BCUT2D eigenvalue weighted by atomic mass is 16.5. The summed E-state index contributed by atoms with van der Waals surface area (Å²) in [6, 6.07) is 6.10. The van der Waals surface area contributed by atoms with Gasteiger partial charge in [0.25, 0.3) is 0 Å². The van der Waals surface area contributed by atoms with Crippen LogP contribution in [0.15, 0.2) is 18.2 Å². The van der Waals surface area contributed by atoms with Crippen molar-refractivity contribution in [3.63, 3.8) is 0 Å². The Kier molecular flexibility index (Phi) is 6.21. The van der Waals surface area contributed by atoms with Crippen LogP contribution in [0.5, 0.6) is 5.75 Å². The monoisotopic (exact) mass is 304 g/mol. The lowest BCUT2D eigenvalue weighted by Gasteiger charge is -2.15. The van der Waals surface area contributed by atoms with E-state index >= 15 is 0 Å². The van der Waals surface area contributed by atoms with Crippen molar-refractivity contribution < 1.29 is 4.74 Å². The molecule has 2 rings (SSSR count). The molecule has 0 saturated carbocycles. The van der Waals surface area contributed by atoms with Gasteiger partial charge in [-0.05, 0) is 38.6 Å². The molecule has 0 saturated heterocycles. The molecule has 2 N–H and O–H groups in total. The molecule has 0 aliphatic rings. The Morgan fingerprint density at radius 3 is 2.91 bits per heavy atom. The predicted octanol–water partition coefficient (Wildman–Crippen LogP) is 2.64. The third-order valence-corrected chi connectivity index (χ3v) is 3.74. The minimum Gasteiger partial charge on any atom is -0.493 e. The molecule has 0 spiro atoms. The molecule has 122 valence electrons. The zero-order valence-corrected chi connectivity index (χ0v) is 14.1. The van der Waals surface area contributed by atoms with Gasteiger partial charge in [-0.25, -0.2) is 0 Å². The first-order valence-electron chi connectivity index (χ1n) is 8.03. The summed E-state index contributed by atoms with van der Waals surface area (Å²) in [5, 5.41) is 11.9. The average molecular weight is 304 g/mol. The summed E-state index contributed by atoms with van der Waals surface area (Å²) in [5.74, 6) is 1.58. The van der Waals surface area contributed by atoms with E-state index in [4.69, 9.17) is 4.74 Å². The number of nitrogens with one attached hydrogen (secondary N) is 2. The summed E-state index contributed by atoms with van der Waals surface area (Å²) in [7, 11) is 4.08. The van der Waals surface area contributed by atoms with Gasteiger partial charge in [-0.2, -0.15) is 5.10 Å². The van der Waals surface area contributed by atoms with Crippen molar-refractivity contribution in [2.24, 2.45) is 5.92 Å². The molecule has 0 atom stereocenters. The van der Waals surface area contributed by atoms with Crippen LogP contribution < -0.4 is 10.1 Å². The number of hydrogen-bond acceptors (Lipinski definition) is 4. The van der Waals surface area contributed by atoms with Crippen molar-refractivity contribution in [1.82, 2.24) is 20.4 Å². The smallest absolute Gasteiger partial charge is 0.130 e. The van der Waals surface area contributed by atoms with Gasteiger partial charge in [-0.3, -0.25) is 10.00 Å². The van der Waals surface area contributed by atoms with Gasteiger partial charge in [0.2, 0.25) is 0 Å². The van der Waals surface area contributed by atoms with Gasteiger partial charge in [-0.1, -0.05) is 19.9 Å². The lowest BCUT2D eigenvalue weighted by atomic mass is 10.1. The Hall–Kier alpha value is -1.59. The molecular formula is C17H28N4O. The highest BCUT2D eigenvalue weighted by Crippen LogP contribution is 2.28. The van der Waals surface area contributed by atoms with E-state index in [0.717, 1.165) is 55.0 Å². The maximum atomic E-state index is 6.00. The van der Waals surface area contributed by atoms with Crippen LogP contribution >= 0.6 is 0 Å². The molecule has 5 nitrogen and oxygen atoms in total. The van der Waals surface area contributed by atoms with Gasteiger partial charge in [-0.15, -0.1) is 0 Å². The van der Waals surface area contributed by atoms with Gasteiger partial charge < -0.3 is 10.1 Å². The fraction of sp³-hybridized carbons (Fsp3) is 0.588. The van der Waals surface area contributed by atoms with Crippen molar-refractivity contribution in [2.45, 2.75) is 26.8 Å². The van der Waals surface area contributed by atoms with Crippen molar-refractivity contribution >= 4 is 10.9 Å². The first-order chi connectivity index (χ1) is 10.6. The van der Waals surface area contributed by atoms with Crippen LogP contribution in [0.4, 0.5) is 0 Å². The van der Waals surface area contributed by atoms with E-state index in [-0.39, 0.29) is 0 Å². The van der Waals surface area contributed by atoms with Crippen LogP contribution in [0, 0.1) is 5.92 Å². The van der Waals surface area contributed by atoms with Crippen LogP contribution in [0.25, 0.3) is 10.9 Å². The molecule has 22 heavy (non-hydrogen) atoms. The van der Waals surface area contributed by atoms with E-state index in [9.17, 15) is 0 Å². The molecule has 2 aromatic rings. The maximum absolute atomic E-state index is 6.00. The van der Waals surface area contributed by atoms with Crippen molar-refractivity contribution in [2.75, 3.05) is 33.8 Å². The molecule has 0 aliphatic heterocycles. The van der Waals surface area contributed by atoms with Crippen molar-refractivity contribution in [3.05, 3.63) is 23.9 Å². The zero-order chi connectivity index (χ0) is 15.9. The molecule has 1 aromatic carbocycles. The predicted molar refractivity (Wildman–Crippen MR) is 91.3 cm³/mol. The molecule has 1 heterocycles. The fourth-order valence-corrected chi connectivity index (χ4v) is 2.38. The summed E-state index contributed by atoms with van der Waals surface area (Å²) in [4.78, 5) is 2.26. The number of hydrogen-bond donors (Lipinski definition) is 2. The Morgan fingerprint density at radius 2 is 2.18 bits per heavy atom. The van der Waals surface area contributed by atoms with E-state index in [1.165, 1.54) is 0 Å². The topological polar surface area (TPSA) is 53.2 Å². The average Bonchev–Trinajstić information content (AvgIpc) is 2.89. The number of nitrogens with zero attached hydrogens (tertiary/aromatic N) is 2. The van der Waals surface area contributed by atoms with Gasteiger partial charge in [0.05, 0.1) is 23.2 Å². The molecular weight excluding hydrogens is 276 g/mol. The second-order valence-corrected chi connectivity index (χ2v) is 6.22. The first-order valence-corrected chi connectivity index (χ1v) is 8.03. The van der Waals surface area contributed by atoms with Gasteiger partial charge in [0.1, 0.15) is 5.75 Å². The molecule has 0 aliphatic carbocycles. The van der Waals surface area contributed by atoms with Gasteiger partial charge in [0, 0.05) is 19.6 Å². The number of aromatic amines is 1. The van der Waals surface area contributed by atoms with Crippen LogP contribution in [-0.2, 0) is 6.54 Å². The van der Waals surface area contributed by atoms with Crippen LogP contribution in [0.2, 0.25) is 0 Å². The highest BCUT2D eigenvalue weighted by molar-refractivity contribution is 5.87. The molecule has 0 amide bonds. The quantitative estimate of drug-likeness (QED) is 0.748. The zero-order valence-electron chi connectivity index (χ0n) is 14.1. The van der Waals surface area contributed by atoms with E-state index in [2.05, 4.69) is 47.4 Å². The summed E-state index contributed by atoms with van der Waals surface area (Å²) in [5.41, 5.74) is 2.09. The van der Waals surface area contributed by atoms with E-state index in [0.29, 0.717) is 5.92 Å². The number of aromatic nitrogens is 2. The minimum absolute atomic E-state index is 0.649. The molecule has 0 radical (unpaired) electrons. The summed E-state index contributed by atoms with van der Waals surface area (Å²) >= 11 is 0. The number of benzene rings is 1. The molecule has 0 fully saturated rings. The number of fused-ring (bicyclic) bond motifs is 1. The second kappa shape index (κ2) is 8.15. The van der Waals surface area contributed by atoms with Crippen molar-refractivity contribution in [3.8, 4) is 5.75 Å². The SMILES string of the molecule is CNCCN(C)Cc1n[nH]c2cccc(OCCC(C)C)c12. The molecule has 0 unspecified atom stereocenters. The second-order valence-electron chi connectivity index (χ2n) is 6.22. The largest absolute Gasteiger partial charge is 0.493 e. The molecule has 0 bridgehead atoms. The van der Waals surface area contributed by atoms with Gasteiger partial charge >= 0.3 is 0 Å². The van der Waals surface area contributed by atoms with Gasteiger partial charge in [0.15, 0.2) is 0 Å². The number of H-pyrrole nitrogens is 1. The van der Waals surface area contributed by atoms with E-state index in [1.54, 1.807) is 0 Å². The molecule has 5 heteroatoms. The third-order valence-electron chi connectivity index (χ3n) is 3.74. The number of likely N-dealkylation sites (N-methyl/N-ethyl adjacent to an activating group) is 2. The van der Waals surface area contributed by atoms with E-state index < -0.39 is 0 Å². The minimum atomic E-state index is 0.649. The number of rotatable bonds is 9. The normalized spacial score (nSPS) is 11.7. The van der Waals surface area contributed by atoms with Crippen molar-refractivity contribution in [1.29, 1.82) is 0 Å². The standard InChI is InChI=1S/C17H28N4O/c1-13(2)8-11-22-16-7-5-6-14-17(16)15(20-19-14)12-21(4)10-9-18-3/h5-7,13,18H,8-12H2,1-4H3,(H,19,20). The van der Waals surface area contributed by atoms with Crippen LogP contribution in [-0.4, -0.2) is 48.9 Å². The van der Waals surface area contributed by atoms with Crippen LogP contribution in [0.1, 0.15) is 26.0 Å². The summed E-state index contributed by atoms with van der Waals surface area (Å²) in [6.45, 7) is 7.94. The number of ether oxygens (including phenoxy) is 1. The lowest BCUT2D eigenvalue weighted by molar-refractivity contribution is 0.291. The first kappa shape index (κ1) is 16.8.